The van der Waals surface area contributed by atoms with E-state index in [2.05, 4.69) is 10.4 Å². The molecule has 1 heterocycles. The Balaban J connectivity index is 2.10. The minimum atomic E-state index is -0.806. The van der Waals surface area contributed by atoms with Crippen molar-refractivity contribution in [2.75, 3.05) is 6.54 Å². The summed E-state index contributed by atoms with van der Waals surface area (Å²) in [6.45, 7) is 2.75. The normalized spacial score (nSPS) is 27.6. The number of carboxylic acid groups (broad SMARTS) is 1. The first-order valence-electron chi connectivity index (χ1n) is 6.25. The van der Waals surface area contributed by atoms with Crippen molar-refractivity contribution >= 4 is 17.6 Å². The van der Waals surface area contributed by atoms with Gasteiger partial charge < -0.3 is 10.4 Å². The molecule has 2 atom stereocenters. The van der Waals surface area contributed by atoms with Gasteiger partial charge in [-0.3, -0.25) is 9.48 Å². The van der Waals surface area contributed by atoms with Crippen LogP contribution in [0.4, 0.5) is 0 Å². The number of carboxylic acids is 1. The highest BCUT2D eigenvalue weighted by molar-refractivity contribution is 6.30. The zero-order chi connectivity index (χ0) is 13.2. The molecule has 0 amide bonds. The predicted molar refractivity (Wildman–Crippen MR) is 68.8 cm³/mol. The summed E-state index contributed by atoms with van der Waals surface area (Å²) in [5.74, 6) is -0.767. The highest BCUT2D eigenvalue weighted by Crippen LogP contribution is 2.38. The highest BCUT2D eigenvalue weighted by atomic mass is 35.5. The second kappa shape index (κ2) is 5.28. The van der Waals surface area contributed by atoms with Gasteiger partial charge in [0.2, 0.25) is 0 Å². The molecule has 1 aromatic heterocycles. The molecule has 100 valence electrons. The quantitative estimate of drug-likeness (QED) is 0.860. The van der Waals surface area contributed by atoms with E-state index in [1.54, 1.807) is 17.1 Å². The van der Waals surface area contributed by atoms with Crippen LogP contribution in [0.1, 0.15) is 38.6 Å². The fourth-order valence-electron chi connectivity index (χ4n) is 2.55. The molecule has 0 saturated heterocycles. The van der Waals surface area contributed by atoms with Crippen molar-refractivity contribution in [3.05, 3.63) is 17.4 Å². The number of aromatic nitrogens is 2. The molecule has 18 heavy (non-hydrogen) atoms. The first kappa shape index (κ1) is 13.4. The summed E-state index contributed by atoms with van der Waals surface area (Å²) in [6, 6.07) is 0.109. The van der Waals surface area contributed by atoms with Crippen LogP contribution in [0.25, 0.3) is 0 Å². The van der Waals surface area contributed by atoms with E-state index in [-0.39, 0.29) is 6.04 Å². The summed E-state index contributed by atoms with van der Waals surface area (Å²) in [6.07, 6.45) is 6.25. The zero-order valence-electron chi connectivity index (χ0n) is 10.4. The molecule has 0 bridgehead atoms. The molecule has 2 N–H and O–H groups in total. The van der Waals surface area contributed by atoms with E-state index in [9.17, 15) is 9.90 Å². The molecule has 6 heteroatoms. The summed E-state index contributed by atoms with van der Waals surface area (Å²) >= 11 is 5.84. The molecule has 0 spiro atoms. The van der Waals surface area contributed by atoms with Gasteiger partial charge in [0, 0.05) is 6.20 Å². The van der Waals surface area contributed by atoms with Crippen LogP contribution < -0.4 is 5.32 Å². The predicted octanol–water partition coefficient (Wildman–Crippen LogP) is 2.08. The van der Waals surface area contributed by atoms with Gasteiger partial charge in [-0.05, 0) is 32.2 Å². The summed E-state index contributed by atoms with van der Waals surface area (Å²) in [5, 5.41) is 17.4. The van der Waals surface area contributed by atoms with E-state index in [4.69, 9.17) is 11.6 Å². The van der Waals surface area contributed by atoms with Gasteiger partial charge in [-0.15, -0.1) is 0 Å². The van der Waals surface area contributed by atoms with Crippen LogP contribution in [0.3, 0.4) is 0 Å². The third kappa shape index (κ3) is 2.52. The Morgan fingerprint density at radius 2 is 2.56 bits per heavy atom. The number of aliphatic carboxylic acids is 1. The molecule has 1 aliphatic rings. The van der Waals surface area contributed by atoms with E-state index >= 15 is 0 Å². The van der Waals surface area contributed by atoms with Crippen LogP contribution in [0, 0.1) is 0 Å². The minimum absolute atomic E-state index is 0.109. The lowest BCUT2D eigenvalue weighted by atomic mass is 9.97. The topological polar surface area (TPSA) is 67.2 Å². The zero-order valence-corrected chi connectivity index (χ0v) is 11.2. The van der Waals surface area contributed by atoms with E-state index in [1.165, 1.54) is 0 Å². The number of rotatable bonds is 5. The lowest BCUT2D eigenvalue weighted by Gasteiger charge is -2.25. The van der Waals surface area contributed by atoms with Gasteiger partial charge in [-0.25, -0.2) is 0 Å². The largest absolute Gasteiger partial charge is 0.480 e. The maximum Gasteiger partial charge on any atom is 0.323 e. The Hall–Kier alpha value is -1.07. The van der Waals surface area contributed by atoms with E-state index < -0.39 is 11.5 Å². The van der Waals surface area contributed by atoms with Crippen LogP contribution in [0.15, 0.2) is 12.4 Å². The average Bonchev–Trinajstić information content (AvgIpc) is 2.93. The molecule has 0 aromatic carbocycles. The Kier molecular flexibility index (Phi) is 3.92. The lowest BCUT2D eigenvalue weighted by Crippen LogP contribution is -2.50. The number of nitrogens with zero attached hydrogens (tertiary/aromatic N) is 2. The fraction of sp³-hybridized carbons (Fsp3) is 0.667. The summed E-state index contributed by atoms with van der Waals surface area (Å²) < 4.78 is 1.78. The summed E-state index contributed by atoms with van der Waals surface area (Å²) in [7, 11) is 0. The van der Waals surface area contributed by atoms with Gasteiger partial charge in [0.05, 0.1) is 17.3 Å². The molecule has 0 aliphatic heterocycles. The molecule has 1 aromatic rings. The Morgan fingerprint density at radius 3 is 3.11 bits per heavy atom. The number of halogens is 1. The second-order valence-corrected chi connectivity index (χ2v) is 5.29. The molecular weight excluding hydrogens is 254 g/mol. The average molecular weight is 272 g/mol. The molecular formula is C12H18ClN3O2. The maximum atomic E-state index is 11.5. The second-order valence-electron chi connectivity index (χ2n) is 4.85. The maximum absolute atomic E-state index is 11.5. The van der Waals surface area contributed by atoms with Crippen molar-refractivity contribution in [2.45, 2.75) is 44.2 Å². The number of nitrogens with one attached hydrogen (secondary N) is 1. The van der Waals surface area contributed by atoms with Crippen LogP contribution in [-0.4, -0.2) is 32.9 Å². The van der Waals surface area contributed by atoms with Gasteiger partial charge in [0.1, 0.15) is 5.54 Å². The van der Waals surface area contributed by atoms with Gasteiger partial charge >= 0.3 is 5.97 Å². The Labute approximate surface area is 111 Å². The molecule has 1 fully saturated rings. The van der Waals surface area contributed by atoms with Gasteiger partial charge in [0.15, 0.2) is 0 Å². The minimum Gasteiger partial charge on any atom is -0.480 e. The van der Waals surface area contributed by atoms with Crippen molar-refractivity contribution < 1.29 is 9.90 Å². The highest BCUT2D eigenvalue weighted by Gasteiger charge is 2.45. The van der Waals surface area contributed by atoms with Crippen LogP contribution in [0.5, 0.6) is 0 Å². The van der Waals surface area contributed by atoms with Crippen LogP contribution in [-0.2, 0) is 4.79 Å². The smallest absolute Gasteiger partial charge is 0.323 e. The number of hydrogen-bond donors (Lipinski definition) is 2. The Morgan fingerprint density at radius 1 is 1.78 bits per heavy atom. The molecule has 2 rings (SSSR count). The number of hydrogen-bond acceptors (Lipinski definition) is 3. The van der Waals surface area contributed by atoms with Crippen molar-refractivity contribution in [3.63, 3.8) is 0 Å². The van der Waals surface area contributed by atoms with Crippen LogP contribution in [0.2, 0.25) is 5.02 Å². The van der Waals surface area contributed by atoms with Crippen molar-refractivity contribution in [1.29, 1.82) is 0 Å². The van der Waals surface area contributed by atoms with Gasteiger partial charge in [-0.2, -0.15) is 5.10 Å². The van der Waals surface area contributed by atoms with Crippen LogP contribution >= 0.6 is 11.6 Å². The lowest BCUT2D eigenvalue weighted by molar-refractivity contribution is -0.144. The monoisotopic (exact) mass is 271 g/mol. The van der Waals surface area contributed by atoms with E-state index in [1.807, 2.05) is 6.92 Å². The summed E-state index contributed by atoms with van der Waals surface area (Å²) in [4.78, 5) is 11.5. The van der Waals surface area contributed by atoms with Crippen molar-refractivity contribution in [1.82, 2.24) is 15.1 Å². The first-order valence-corrected chi connectivity index (χ1v) is 6.63. The molecule has 1 aliphatic carbocycles. The summed E-state index contributed by atoms with van der Waals surface area (Å²) in [5.41, 5.74) is -0.806. The van der Waals surface area contributed by atoms with Crippen molar-refractivity contribution in [3.8, 4) is 0 Å². The van der Waals surface area contributed by atoms with E-state index in [0.717, 1.165) is 19.4 Å². The standard InChI is InChI=1S/C12H18ClN3O2/c1-2-5-14-12(11(17)18)4-3-10(6-12)16-8-9(13)7-15-16/h7-8,10,14H,2-6H2,1H3,(H,17,18). The molecule has 5 nitrogen and oxygen atoms in total. The van der Waals surface area contributed by atoms with Crippen molar-refractivity contribution in [2.24, 2.45) is 0 Å². The van der Waals surface area contributed by atoms with Gasteiger partial charge in [-0.1, -0.05) is 18.5 Å². The van der Waals surface area contributed by atoms with Gasteiger partial charge in [0.25, 0.3) is 0 Å². The SMILES string of the molecule is CCCNC1(C(=O)O)CCC(n2cc(Cl)cn2)C1. The third-order valence-electron chi connectivity index (χ3n) is 3.56. The number of carbonyl (C=O) groups is 1. The first-order chi connectivity index (χ1) is 8.57. The Bertz CT molecular complexity index is 435. The molecule has 2 unspecified atom stereocenters. The van der Waals surface area contributed by atoms with E-state index in [0.29, 0.717) is 17.9 Å². The third-order valence-corrected chi connectivity index (χ3v) is 3.75. The molecule has 1 saturated carbocycles. The fourth-order valence-corrected chi connectivity index (χ4v) is 2.70. The molecule has 0 radical (unpaired) electrons.